The quantitative estimate of drug-likeness (QED) is 0.175. The van der Waals surface area contributed by atoms with Crippen molar-refractivity contribution in [2.45, 2.75) is 85.0 Å². The Bertz CT molecular complexity index is 1130. The maximum absolute atomic E-state index is 13.3. The zero-order valence-corrected chi connectivity index (χ0v) is 22.9. The highest BCUT2D eigenvalue weighted by molar-refractivity contribution is 8.26. The Labute approximate surface area is 218 Å². The molecule has 1 amide bonds. The lowest BCUT2D eigenvalue weighted by molar-refractivity contribution is -0.122. The molecule has 0 spiro atoms. The van der Waals surface area contributed by atoms with Crippen LogP contribution in [0.2, 0.25) is 0 Å². The van der Waals surface area contributed by atoms with E-state index in [1.807, 2.05) is 26.0 Å². The van der Waals surface area contributed by atoms with Crippen LogP contribution in [0.1, 0.15) is 89.2 Å². The summed E-state index contributed by atoms with van der Waals surface area (Å²) in [5.74, 6) is 0.369. The van der Waals surface area contributed by atoms with Crippen molar-refractivity contribution in [3.63, 3.8) is 0 Å². The number of hydrogen-bond donors (Lipinski definition) is 1. The summed E-state index contributed by atoms with van der Waals surface area (Å²) in [6.07, 6.45) is 15.9. The van der Waals surface area contributed by atoms with Crippen LogP contribution in [0, 0.1) is 6.92 Å². The summed E-state index contributed by atoms with van der Waals surface area (Å²) in [7, 11) is 0. The number of carbonyl (C=O) groups excluding carboxylic acids is 1. The first kappa shape index (κ1) is 27.4. The molecule has 190 valence electrons. The Morgan fingerprint density at radius 1 is 1.00 bits per heavy atom. The highest BCUT2D eigenvalue weighted by Gasteiger charge is 2.32. The van der Waals surface area contributed by atoms with Crippen molar-refractivity contribution in [1.29, 1.82) is 0 Å². The molecule has 3 rings (SSSR count). The summed E-state index contributed by atoms with van der Waals surface area (Å²) in [6.45, 7) is 7.38. The van der Waals surface area contributed by atoms with Gasteiger partial charge >= 0.3 is 0 Å². The fourth-order valence-electron chi connectivity index (χ4n) is 4.27. The van der Waals surface area contributed by atoms with Gasteiger partial charge in [-0.1, -0.05) is 94.8 Å². The molecule has 2 aromatic heterocycles. The van der Waals surface area contributed by atoms with Gasteiger partial charge in [-0.05, 0) is 38.0 Å². The molecule has 2 aromatic rings. The number of hydrogen-bond acceptors (Lipinski definition) is 6. The number of rotatable bonds is 14. The number of thioether (sulfide) groups is 1. The fourth-order valence-corrected chi connectivity index (χ4v) is 5.56. The number of amides is 1. The van der Waals surface area contributed by atoms with Gasteiger partial charge in [0.2, 0.25) is 0 Å². The number of carbonyl (C=O) groups is 1. The van der Waals surface area contributed by atoms with Gasteiger partial charge in [0.25, 0.3) is 11.5 Å². The molecular formula is C27H38N4O2S2. The number of aromatic nitrogens is 2. The molecule has 1 aliphatic heterocycles. The number of thiocarbonyl (C=S) groups is 1. The minimum Gasteiger partial charge on any atom is -0.370 e. The van der Waals surface area contributed by atoms with Gasteiger partial charge in [-0.2, -0.15) is 0 Å². The monoisotopic (exact) mass is 514 g/mol. The van der Waals surface area contributed by atoms with Gasteiger partial charge in [0.15, 0.2) is 0 Å². The van der Waals surface area contributed by atoms with Crippen molar-refractivity contribution in [2.24, 2.45) is 0 Å². The topological polar surface area (TPSA) is 66.7 Å². The minimum absolute atomic E-state index is 0.118. The summed E-state index contributed by atoms with van der Waals surface area (Å²) in [4.78, 5) is 33.2. The summed E-state index contributed by atoms with van der Waals surface area (Å²) in [5, 5.41) is 3.17. The van der Waals surface area contributed by atoms with Gasteiger partial charge in [-0.25, -0.2) is 4.98 Å². The molecule has 8 heteroatoms. The Morgan fingerprint density at radius 3 is 2.31 bits per heavy atom. The molecule has 0 aliphatic carbocycles. The van der Waals surface area contributed by atoms with Crippen molar-refractivity contribution in [1.82, 2.24) is 14.3 Å². The maximum Gasteiger partial charge on any atom is 0.267 e. The molecule has 0 atom stereocenters. The highest BCUT2D eigenvalue weighted by atomic mass is 32.2. The molecule has 35 heavy (non-hydrogen) atoms. The van der Waals surface area contributed by atoms with E-state index in [2.05, 4.69) is 17.2 Å². The molecule has 3 heterocycles. The second kappa shape index (κ2) is 13.8. The molecule has 1 N–H and O–H groups in total. The Balaban J connectivity index is 1.62. The molecule has 1 aliphatic rings. The average Bonchev–Trinajstić information content (AvgIpc) is 3.10. The molecule has 1 fully saturated rings. The number of fused-ring (bicyclic) bond motifs is 1. The smallest absolute Gasteiger partial charge is 0.267 e. The van der Waals surface area contributed by atoms with Crippen LogP contribution in [0.3, 0.4) is 0 Å². The van der Waals surface area contributed by atoms with Gasteiger partial charge in [0.1, 0.15) is 15.8 Å². The fraction of sp³-hybridized carbons (Fsp3) is 0.556. The molecule has 6 nitrogen and oxygen atoms in total. The Hall–Kier alpha value is -2.19. The molecule has 1 saturated heterocycles. The molecule has 0 saturated carbocycles. The second-order valence-corrected chi connectivity index (χ2v) is 10.8. The number of pyridine rings is 1. The SMILES string of the molecule is CCCCCCCCCCCCN1C(=O)/C(=C\c2c(NCC)nc3ccc(C)cn3c2=O)SC1=S. The van der Waals surface area contributed by atoms with Crippen LogP contribution in [-0.2, 0) is 4.79 Å². The molecule has 0 radical (unpaired) electrons. The normalized spacial score (nSPS) is 15.1. The predicted octanol–water partition coefficient (Wildman–Crippen LogP) is 6.56. The first-order valence-corrected chi connectivity index (χ1v) is 14.2. The van der Waals surface area contributed by atoms with E-state index in [9.17, 15) is 9.59 Å². The van der Waals surface area contributed by atoms with Crippen LogP contribution in [0.25, 0.3) is 11.7 Å². The zero-order valence-electron chi connectivity index (χ0n) is 21.3. The third-order valence-corrected chi connectivity index (χ3v) is 7.61. The molecule has 0 unspecified atom stereocenters. The van der Waals surface area contributed by atoms with Gasteiger partial charge in [0.05, 0.1) is 10.5 Å². The predicted molar refractivity (Wildman–Crippen MR) is 152 cm³/mol. The second-order valence-electron chi connectivity index (χ2n) is 9.16. The maximum atomic E-state index is 13.3. The van der Waals surface area contributed by atoms with Crippen LogP contribution < -0.4 is 10.9 Å². The lowest BCUT2D eigenvalue weighted by Crippen LogP contribution is -2.29. The van der Waals surface area contributed by atoms with Gasteiger partial charge < -0.3 is 5.32 Å². The van der Waals surface area contributed by atoms with Crippen molar-refractivity contribution in [3.05, 3.63) is 44.7 Å². The van der Waals surface area contributed by atoms with E-state index in [1.165, 1.54) is 67.5 Å². The Kier molecular flexibility index (Phi) is 10.8. The highest BCUT2D eigenvalue weighted by Crippen LogP contribution is 2.33. The molecule has 0 bridgehead atoms. The summed E-state index contributed by atoms with van der Waals surface area (Å²) in [6, 6.07) is 3.75. The third kappa shape index (κ3) is 7.40. The van der Waals surface area contributed by atoms with Gasteiger partial charge in [-0.15, -0.1) is 0 Å². The largest absolute Gasteiger partial charge is 0.370 e. The van der Waals surface area contributed by atoms with Gasteiger partial charge in [0, 0.05) is 19.3 Å². The van der Waals surface area contributed by atoms with E-state index in [1.54, 1.807) is 17.2 Å². The number of anilines is 1. The van der Waals surface area contributed by atoms with Crippen molar-refractivity contribution >= 4 is 51.7 Å². The van der Waals surface area contributed by atoms with E-state index in [0.717, 1.165) is 18.4 Å². The third-order valence-electron chi connectivity index (χ3n) is 6.23. The van der Waals surface area contributed by atoms with Crippen molar-refractivity contribution in [3.8, 4) is 0 Å². The van der Waals surface area contributed by atoms with Crippen LogP contribution >= 0.6 is 24.0 Å². The van der Waals surface area contributed by atoms with Crippen LogP contribution in [0.5, 0.6) is 0 Å². The summed E-state index contributed by atoms with van der Waals surface area (Å²) in [5.41, 5.74) is 1.72. The lowest BCUT2D eigenvalue weighted by Gasteiger charge is -2.14. The van der Waals surface area contributed by atoms with Crippen molar-refractivity contribution < 1.29 is 4.79 Å². The van der Waals surface area contributed by atoms with E-state index >= 15 is 0 Å². The zero-order chi connectivity index (χ0) is 25.2. The van der Waals surface area contributed by atoms with E-state index in [-0.39, 0.29) is 11.5 Å². The molecule has 0 aromatic carbocycles. The molecular weight excluding hydrogens is 476 g/mol. The number of nitrogens with zero attached hydrogens (tertiary/aromatic N) is 3. The number of nitrogens with one attached hydrogen (secondary N) is 1. The summed E-state index contributed by atoms with van der Waals surface area (Å²) < 4.78 is 2.10. The van der Waals surface area contributed by atoms with Gasteiger partial charge in [-0.3, -0.25) is 18.9 Å². The van der Waals surface area contributed by atoms with Crippen molar-refractivity contribution in [2.75, 3.05) is 18.4 Å². The number of aryl methyl sites for hydroxylation is 1. The average molecular weight is 515 g/mol. The van der Waals surface area contributed by atoms with Crippen LogP contribution in [0.15, 0.2) is 28.0 Å². The minimum atomic E-state index is -0.199. The lowest BCUT2D eigenvalue weighted by atomic mass is 10.1. The van der Waals surface area contributed by atoms with E-state index in [4.69, 9.17) is 12.2 Å². The Morgan fingerprint density at radius 2 is 1.66 bits per heavy atom. The first-order chi connectivity index (χ1) is 17.0. The van der Waals surface area contributed by atoms with Crippen LogP contribution in [0.4, 0.5) is 5.82 Å². The number of unbranched alkanes of at least 4 members (excludes halogenated alkanes) is 9. The van der Waals surface area contributed by atoms with Crippen LogP contribution in [-0.4, -0.2) is 37.6 Å². The van der Waals surface area contributed by atoms with E-state index in [0.29, 0.717) is 39.3 Å². The first-order valence-electron chi connectivity index (χ1n) is 13.0. The standard InChI is InChI=1S/C27H38N4O2S2/c1-4-6-7-8-9-10-11-12-13-14-17-30-26(33)22(35-27(30)34)18-21-24(28-5-2)29-23-16-15-20(3)19-31(23)25(21)32/h15-16,18-19,28H,4-14,17H2,1-3H3/b22-18+. The summed E-state index contributed by atoms with van der Waals surface area (Å²) >= 11 is 6.77. The van der Waals surface area contributed by atoms with E-state index < -0.39 is 0 Å².